The molecule has 2 aromatic heterocycles. The Morgan fingerprint density at radius 1 is 1.00 bits per heavy atom. The second kappa shape index (κ2) is 8.16. The van der Waals surface area contributed by atoms with Crippen molar-refractivity contribution in [2.24, 2.45) is 0 Å². The third-order valence-corrected chi connectivity index (χ3v) is 5.42. The van der Waals surface area contributed by atoms with Crippen molar-refractivity contribution in [3.63, 3.8) is 0 Å². The van der Waals surface area contributed by atoms with Crippen molar-refractivity contribution in [1.29, 1.82) is 0 Å². The number of rotatable bonds is 5. The first-order valence-corrected chi connectivity index (χ1v) is 9.76. The normalized spacial score (nSPS) is 20.5. The van der Waals surface area contributed by atoms with Gasteiger partial charge in [-0.2, -0.15) is 0 Å². The summed E-state index contributed by atoms with van der Waals surface area (Å²) < 4.78 is 24.7. The lowest BCUT2D eigenvalue weighted by Crippen LogP contribution is -2.39. The summed E-state index contributed by atoms with van der Waals surface area (Å²) in [5, 5.41) is 0. The number of hydrogen-bond donors (Lipinski definition) is 0. The van der Waals surface area contributed by atoms with Gasteiger partial charge in [-0.05, 0) is 19.4 Å². The molecule has 2 saturated heterocycles. The summed E-state index contributed by atoms with van der Waals surface area (Å²) in [5.74, 6) is 3.13. The minimum Gasteiger partial charge on any atom is -0.489 e. The first-order chi connectivity index (χ1) is 13.6. The van der Waals surface area contributed by atoms with Gasteiger partial charge in [-0.1, -0.05) is 0 Å². The summed E-state index contributed by atoms with van der Waals surface area (Å²) in [6.07, 6.45) is 5.05. The third kappa shape index (κ3) is 3.95. The second-order valence-electron chi connectivity index (χ2n) is 7.32. The van der Waals surface area contributed by atoms with Crippen molar-refractivity contribution in [3.8, 4) is 11.6 Å². The lowest BCUT2D eigenvalue weighted by Gasteiger charge is -2.34. The predicted molar refractivity (Wildman–Crippen MR) is 105 cm³/mol. The van der Waals surface area contributed by atoms with Gasteiger partial charge in [-0.15, -0.1) is 0 Å². The van der Waals surface area contributed by atoms with E-state index >= 15 is 0 Å². The summed E-state index contributed by atoms with van der Waals surface area (Å²) in [7, 11) is 1.60. The summed E-state index contributed by atoms with van der Waals surface area (Å²) in [6.45, 7) is 4.88. The van der Waals surface area contributed by atoms with Crippen molar-refractivity contribution in [3.05, 3.63) is 30.2 Å². The molecule has 2 fully saturated rings. The van der Waals surface area contributed by atoms with Crippen LogP contribution in [0.4, 0.5) is 16.0 Å². The van der Waals surface area contributed by atoms with Crippen LogP contribution in [0.5, 0.6) is 11.6 Å². The number of piperidine rings is 1. The molecule has 150 valence electrons. The van der Waals surface area contributed by atoms with Crippen LogP contribution in [0, 0.1) is 6.92 Å². The van der Waals surface area contributed by atoms with Crippen LogP contribution in [0.15, 0.2) is 24.7 Å². The monoisotopic (exact) mass is 387 g/mol. The molecule has 2 aliphatic heterocycles. The molecule has 0 unspecified atom stereocenters. The van der Waals surface area contributed by atoms with Gasteiger partial charge in [0.1, 0.15) is 36.0 Å². The highest BCUT2D eigenvalue weighted by atomic mass is 19.1. The van der Waals surface area contributed by atoms with E-state index in [0.717, 1.165) is 48.9 Å². The summed E-state index contributed by atoms with van der Waals surface area (Å²) >= 11 is 0. The average molecular weight is 387 g/mol. The standard InChI is InChI=1S/C20H26FN5O2/c1-14-19(23-13-24-20(14)26-8-5-15(21)12-26)25-9-6-16(7-10-25)28-17-3-4-18(27-2)22-11-17/h3-4,11,13,15-16H,5-10,12H2,1-2H3/t15-/m1/s1. The first kappa shape index (κ1) is 18.7. The van der Waals surface area contributed by atoms with Crippen LogP contribution in [0.1, 0.15) is 24.8 Å². The van der Waals surface area contributed by atoms with E-state index in [4.69, 9.17) is 9.47 Å². The zero-order chi connectivity index (χ0) is 19.5. The molecule has 7 nitrogen and oxygen atoms in total. The van der Waals surface area contributed by atoms with Crippen LogP contribution in [0.2, 0.25) is 0 Å². The van der Waals surface area contributed by atoms with Crippen molar-refractivity contribution < 1.29 is 13.9 Å². The van der Waals surface area contributed by atoms with Gasteiger partial charge >= 0.3 is 0 Å². The molecular formula is C20H26FN5O2. The highest BCUT2D eigenvalue weighted by molar-refractivity contribution is 5.59. The maximum atomic E-state index is 13.6. The summed E-state index contributed by atoms with van der Waals surface area (Å²) in [5.41, 5.74) is 1.02. The second-order valence-corrected chi connectivity index (χ2v) is 7.32. The molecule has 0 N–H and O–H groups in total. The molecule has 2 aliphatic rings. The minimum atomic E-state index is -0.766. The molecule has 0 radical (unpaired) electrons. The number of halogens is 1. The maximum Gasteiger partial charge on any atom is 0.213 e. The Kier molecular flexibility index (Phi) is 5.45. The first-order valence-electron chi connectivity index (χ1n) is 9.76. The zero-order valence-corrected chi connectivity index (χ0v) is 16.3. The van der Waals surface area contributed by atoms with Gasteiger partial charge in [0.25, 0.3) is 0 Å². The van der Waals surface area contributed by atoms with Crippen LogP contribution >= 0.6 is 0 Å². The van der Waals surface area contributed by atoms with E-state index in [2.05, 4.69) is 19.9 Å². The van der Waals surface area contributed by atoms with Crippen molar-refractivity contribution in [1.82, 2.24) is 15.0 Å². The molecule has 0 saturated carbocycles. The van der Waals surface area contributed by atoms with E-state index in [9.17, 15) is 4.39 Å². The Bertz CT molecular complexity index is 796. The molecule has 0 aromatic carbocycles. The maximum absolute atomic E-state index is 13.6. The third-order valence-electron chi connectivity index (χ3n) is 5.42. The van der Waals surface area contributed by atoms with Crippen molar-refractivity contribution >= 4 is 11.6 Å². The largest absolute Gasteiger partial charge is 0.489 e. The number of alkyl halides is 1. The van der Waals surface area contributed by atoms with Gasteiger partial charge < -0.3 is 19.3 Å². The zero-order valence-electron chi connectivity index (χ0n) is 16.3. The summed E-state index contributed by atoms with van der Waals surface area (Å²) in [4.78, 5) is 17.4. The number of ether oxygens (including phenoxy) is 2. The van der Waals surface area contributed by atoms with Gasteiger partial charge in [0, 0.05) is 44.1 Å². The Balaban J connectivity index is 1.38. The molecule has 4 rings (SSSR count). The lowest BCUT2D eigenvalue weighted by atomic mass is 10.1. The summed E-state index contributed by atoms with van der Waals surface area (Å²) in [6, 6.07) is 3.68. The molecule has 2 aromatic rings. The average Bonchev–Trinajstić information content (AvgIpc) is 3.15. The van der Waals surface area contributed by atoms with Gasteiger partial charge in [-0.25, -0.2) is 19.3 Å². The van der Waals surface area contributed by atoms with Crippen molar-refractivity contribution in [2.45, 2.75) is 38.5 Å². The highest BCUT2D eigenvalue weighted by Gasteiger charge is 2.27. The van der Waals surface area contributed by atoms with Crippen LogP contribution in [-0.2, 0) is 0 Å². The van der Waals surface area contributed by atoms with E-state index < -0.39 is 6.17 Å². The molecule has 0 aliphatic carbocycles. The Morgan fingerprint density at radius 2 is 1.71 bits per heavy atom. The van der Waals surface area contributed by atoms with Gasteiger partial charge in [0.2, 0.25) is 5.88 Å². The molecule has 0 spiro atoms. The van der Waals surface area contributed by atoms with E-state index in [-0.39, 0.29) is 6.10 Å². The number of aromatic nitrogens is 3. The fourth-order valence-corrected chi connectivity index (χ4v) is 3.91. The lowest BCUT2D eigenvalue weighted by molar-refractivity contribution is 0.169. The number of methoxy groups -OCH3 is 1. The number of hydrogen-bond acceptors (Lipinski definition) is 7. The Morgan fingerprint density at radius 3 is 2.32 bits per heavy atom. The smallest absolute Gasteiger partial charge is 0.213 e. The number of anilines is 2. The van der Waals surface area contributed by atoms with Crippen LogP contribution in [-0.4, -0.2) is 60.5 Å². The molecule has 0 bridgehead atoms. The highest BCUT2D eigenvalue weighted by Crippen LogP contribution is 2.30. The number of nitrogens with zero attached hydrogens (tertiary/aromatic N) is 5. The van der Waals surface area contributed by atoms with Crippen molar-refractivity contribution in [2.75, 3.05) is 43.1 Å². The van der Waals surface area contributed by atoms with Gasteiger partial charge in [0.05, 0.1) is 19.9 Å². The van der Waals surface area contributed by atoms with Crippen LogP contribution in [0.3, 0.4) is 0 Å². The molecule has 8 heteroatoms. The van der Waals surface area contributed by atoms with Gasteiger partial charge in [-0.3, -0.25) is 0 Å². The topological polar surface area (TPSA) is 63.6 Å². The minimum absolute atomic E-state index is 0.152. The SMILES string of the molecule is COc1ccc(OC2CCN(c3ncnc(N4CC[C@@H](F)C4)c3C)CC2)cn1. The van der Waals surface area contributed by atoms with Gasteiger partial charge in [0.15, 0.2) is 0 Å². The molecular weight excluding hydrogens is 361 g/mol. The Hall–Kier alpha value is -2.64. The molecule has 4 heterocycles. The van der Waals surface area contributed by atoms with E-state index in [1.165, 1.54) is 0 Å². The van der Waals surface area contributed by atoms with Crippen LogP contribution in [0.25, 0.3) is 0 Å². The Labute approximate surface area is 164 Å². The molecule has 28 heavy (non-hydrogen) atoms. The fraction of sp³-hybridized carbons (Fsp3) is 0.550. The quantitative estimate of drug-likeness (QED) is 0.782. The number of pyridine rings is 1. The fourth-order valence-electron chi connectivity index (χ4n) is 3.91. The van der Waals surface area contributed by atoms with E-state index in [1.807, 2.05) is 17.9 Å². The predicted octanol–water partition coefficient (Wildman–Crippen LogP) is 2.78. The van der Waals surface area contributed by atoms with Crippen LogP contribution < -0.4 is 19.3 Å². The molecule has 1 atom stereocenters. The van der Waals surface area contributed by atoms with E-state index in [0.29, 0.717) is 25.4 Å². The molecule has 0 amide bonds. The van der Waals surface area contributed by atoms with E-state index in [1.54, 1.807) is 25.7 Å².